The topological polar surface area (TPSA) is 52.5 Å². The molecule has 3 heteroatoms. The van der Waals surface area contributed by atoms with Crippen LogP contribution >= 0.6 is 0 Å². The maximum Gasteiger partial charge on any atom is 0.110 e. The van der Waals surface area contributed by atoms with Gasteiger partial charge < -0.3 is 4.98 Å². The van der Waals surface area contributed by atoms with Crippen molar-refractivity contribution < 1.29 is 0 Å². The van der Waals surface area contributed by atoms with Crippen LogP contribution in [0.15, 0.2) is 48.5 Å². The third-order valence-corrected chi connectivity index (χ3v) is 4.00. The van der Waals surface area contributed by atoms with Crippen LogP contribution in [-0.2, 0) is 0 Å². The molecule has 3 aromatic rings. The van der Waals surface area contributed by atoms with Crippen LogP contribution in [0.25, 0.3) is 11.0 Å². The van der Waals surface area contributed by atoms with E-state index in [9.17, 15) is 0 Å². The van der Waals surface area contributed by atoms with E-state index in [1.54, 1.807) is 0 Å². The molecule has 0 spiro atoms. The zero-order valence-electron chi connectivity index (χ0n) is 10.9. The van der Waals surface area contributed by atoms with Crippen molar-refractivity contribution in [2.45, 2.75) is 18.3 Å². The van der Waals surface area contributed by atoms with Gasteiger partial charge in [-0.1, -0.05) is 30.3 Å². The molecule has 4 rings (SSSR count). The van der Waals surface area contributed by atoms with Gasteiger partial charge in [0.2, 0.25) is 0 Å². The number of nitrogens with one attached hydrogen (secondary N) is 1. The van der Waals surface area contributed by atoms with Crippen LogP contribution in [0.4, 0.5) is 0 Å². The first kappa shape index (κ1) is 11.2. The minimum Gasteiger partial charge on any atom is -0.342 e. The maximum atomic E-state index is 8.93. The monoisotopic (exact) mass is 259 g/mol. The molecule has 1 N–H and O–H groups in total. The van der Waals surface area contributed by atoms with Crippen LogP contribution in [0.5, 0.6) is 0 Å². The van der Waals surface area contributed by atoms with E-state index >= 15 is 0 Å². The van der Waals surface area contributed by atoms with Crippen molar-refractivity contribution >= 4 is 11.0 Å². The van der Waals surface area contributed by atoms with E-state index in [-0.39, 0.29) is 0 Å². The van der Waals surface area contributed by atoms with Gasteiger partial charge in [0, 0.05) is 5.92 Å². The first-order valence-corrected chi connectivity index (χ1v) is 6.80. The summed E-state index contributed by atoms with van der Waals surface area (Å²) in [5.41, 5.74) is 3.95. The second-order valence-corrected chi connectivity index (χ2v) is 5.33. The molecule has 0 amide bonds. The van der Waals surface area contributed by atoms with Gasteiger partial charge in [-0.2, -0.15) is 5.26 Å². The number of rotatable bonds is 2. The van der Waals surface area contributed by atoms with Gasteiger partial charge in [-0.15, -0.1) is 0 Å². The molecule has 0 saturated heterocycles. The standard InChI is InChI=1S/C17H13N3/c18-10-11-6-7-15-16(8-11)20-17(19-15)14-9-13(14)12-4-2-1-3-5-12/h1-8,13-14H,9H2,(H,19,20). The Morgan fingerprint density at radius 2 is 1.95 bits per heavy atom. The maximum absolute atomic E-state index is 8.93. The average molecular weight is 259 g/mol. The Labute approximate surface area is 116 Å². The summed E-state index contributed by atoms with van der Waals surface area (Å²) >= 11 is 0. The smallest absolute Gasteiger partial charge is 0.110 e. The number of benzene rings is 2. The van der Waals surface area contributed by atoms with Crippen molar-refractivity contribution in [3.8, 4) is 6.07 Å². The fourth-order valence-corrected chi connectivity index (χ4v) is 2.84. The minimum atomic E-state index is 0.482. The summed E-state index contributed by atoms with van der Waals surface area (Å²) in [5.74, 6) is 2.10. The molecule has 1 heterocycles. The molecule has 0 bridgehead atoms. The molecule has 96 valence electrons. The quantitative estimate of drug-likeness (QED) is 0.762. The van der Waals surface area contributed by atoms with Crippen LogP contribution in [0, 0.1) is 11.3 Å². The van der Waals surface area contributed by atoms with Crippen molar-refractivity contribution in [1.29, 1.82) is 5.26 Å². The molecule has 1 aliphatic carbocycles. The molecule has 1 fully saturated rings. The van der Waals surface area contributed by atoms with Gasteiger partial charge in [-0.25, -0.2) is 4.98 Å². The molecule has 2 unspecified atom stereocenters. The number of fused-ring (bicyclic) bond motifs is 1. The number of nitriles is 1. The normalized spacial score (nSPS) is 20.8. The van der Waals surface area contributed by atoms with Crippen molar-refractivity contribution in [2.75, 3.05) is 0 Å². The van der Waals surface area contributed by atoms with E-state index in [1.807, 2.05) is 24.3 Å². The van der Waals surface area contributed by atoms with E-state index in [4.69, 9.17) is 5.26 Å². The predicted octanol–water partition coefficient (Wildman–Crippen LogP) is 3.71. The van der Waals surface area contributed by atoms with Gasteiger partial charge in [-0.3, -0.25) is 0 Å². The zero-order valence-corrected chi connectivity index (χ0v) is 10.9. The van der Waals surface area contributed by atoms with Crippen molar-refractivity contribution in [2.24, 2.45) is 0 Å². The number of nitrogens with zero attached hydrogens (tertiary/aromatic N) is 2. The van der Waals surface area contributed by atoms with Crippen LogP contribution in [0.1, 0.15) is 35.2 Å². The van der Waals surface area contributed by atoms with Gasteiger partial charge in [-0.05, 0) is 36.1 Å². The molecular weight excluding hydrogens is 246 g/mol. The fourth-order valence-electron chi connectivity index (χ4n) is 2.84. The first-order valence-electron chi connectivity index (χ1n) is 6.80. The number of hydrogen-bond acceptors (Lipinski definition) is 2. The largest absolute Gasteiger partial charge is 0.342 e. The van der Waals surface area contributed by atoms with Gasteiger partial charge >= 0.3 is 0 Å². The summed E-state index contributed by atoms with van der Waals surface area (Å²) in [6.07, 6.45) is 1.15. The number of hydrogen-bond donors (Lipinski definition) is 1. The molecule has 2 atom stereocenters. The Morgan fingerprint density at radius 3 is 2.75 bits per heavy atom. The van der Waals surface area contributed by atoms with E-state index in [0.717, 1.165) is 23.3 Å². The lowest BCUT2D eigenvalue weighted by Gasteiger charge is -1.97. The average Bonchev–Trinajstić information content (AvgIpc) is 3.20. The molecule has 1 aromatic heterocycles. The summed E-state index contributed by atoms with van der Waals surface area (Å²) in [5, 5.41) is 8.93. The Bertz CT molecular complexity index is 811. The van der Waals surface area contributed by atoms with Gasteiger partial charge in [0.1, 0.15) is 5.82 Å². The third-order valence-electron chi connectivity index (χ3n) is 4.00. The zero-order chi connectivity index (χ0) is 13.5. The highest BCUT2D eigenvalue weighted by Gasteiger charge is 2.41. The molecule has 20 heavy (non-hydrogen) atoms. The van der Waals surface area contributed by atoms with Crippen LogP contribution in [0.2, 0.25) is 0 Å². The summed E-state index contributed by atoms with van der Waals surface area (Å²) in [7, 11) is 0. The third kappa shape index (κ3) is 1.78. The Balaban J connectivity index is 1.66. The summed E-state index contributed by atoms with van der Waals surface area (Å²) in [4.78, 5) is 8.03. The highest BCUT2D eigenvalue weighted by molar-refractivity contribution is 5.77. The SMILES string of the molecule is N#Cc1ccc2nc(C3CC3c3ccccc3)[nH]c2c1. The second-order valence-electron chi connectivity index (χ2n) is 5.33. The molecule has 1 aliphatic rings. The van der Waals surface area contributed by atoms with Crippen molar-refractivity contribution in [3.05, 3.63) is 65.5 Å². The molecule has 1 saturated carbocycles. The Hall–Kier alpha value is -2.60. The van der Waals surface area contributed by atoms with Crippen LogP contribution in [-0.4, -0.2) is 9.97 Å². The lowest BCUT2D eigenvalue weighted by atomic mass is 10.1. The number of aromatic amines is 1. The molecule has 0 aliphatic heterocycles. The van der Waals surface area contributed by atoms with Crippen molar-refractivity contribution in [3.63, 3.8) is 0 Å². The summed E-state index contributed by atoms with van der Waals surface area (Å²) in [6.45, 7) is 0. The fraction of sp³-hybridized carbons (Fsp3) is 0.176. The number of imidazole rings is 1. The number of aromatic nitrogens is 2. The van der Waals surface area contributed by atoms with E-state index in [2.05, 4.69) is 40.3 Å². The lowest BCUT2D eigenvalue weighted by Crippen LogP contribution is -1.86. The van der Waals surface area contributed by atoms with Gasteiger partial charge in [0.25, 0.3) is 0 Å². The van der Waals surface area contributed by atoms with Crippen LogP contribution < -0.4 is 0 Å². The lowest BCUT2D eigenvalue weighted by molar-refractivity contribution is 0.938. The summed E-state index contributed by atoms with van der Waals surface area (Å²) in [6, 6.07) is 18.3. The van der Waals surface area contributed by atoms with Gasteiger partial charge in [0.15, 0.2) is 0 Å². The number of H-pyrrole nitrogens is 1. The molecule has 3 nitrogen and oxygen atoms in total. The van der Waals surface area contributed by atoms with E-state index in [1.165, 1.54) is 5.56 Å². The van der Waals surface area contributed by atoms with Crippen molar-refractivity contribution in [1.82, 2.24) is 9.97 Å². The van der Waals surface area contributed by atoms with E-state index in [0.29, 0.717) is 17.4 Å². The summed E-state index contributed by atoms with van der Waals surface area (Å²) < 4.78 is 0. The highest BCUT2D eigenvalue weighted by atomic mass is 14.9. The minimum absolute atomic E-state index is 0.482. The second kappa shape index (κ2) is 4.21. The molecular formula is C17H13N3. The molecule has 2 aromatic carbocycles. The Morgan fingerprint density at radius 1 is 1.10 bits per heavy atom. The highest BCUT2D eigenvalue weighted by Crippen LogP contribution is 2.53. The first-order chi connectivity index (χ1) is 9.85. The molecule has 0 radical (unpaired) electrons. The van der Waals surface area contributed by atoms with Crippen LogP contribution in [0.3, 0.4) is 0 Å². The Kier molecular flexibility index (Phi) is 2.37. The van der Waals surface area contributed by atoms with E-state index < -0.39 is 0 Å². The van der Waals surface area contributed by atoms with Gasteiger partial charge in [0.05, 0.1) is 22.7 Å². The predicted molar refractivity (Wildman–Crippen MR) is 77.3 cm³/mol.